The van der Waals surface area contributed by atoms with Crippen LogP contribution in [0.1, 0.15) is 0 Å². The van der Waals surface area contributed by atoms with Gasteiger partial charge in [-0.3, -0.25) is 0 Å². The zero-order chi connectivity index (χ0) is 14.9. The molecule has 0 fully saturated rings. The molecule has 1 aliphatic heterocycles. The fraction of sp³-hybridized carbons (Fsp3) is 0. The van der Waals surface area contributed by atoms with E-state index in [2.05, 4.69) is 9.13 Å². The van der Waals surface area contributed by atoms with Gasteiger partial charge < -0.3 is 9.84 Å². The zero-order valence-electron chi connectivity index (χ0n) is 9.61. The van der Waals surface area contributed by atoms with Crippen molar-refractivity contribution >= 4 is 28.2 Å². The lowest BCUT2D eigenvalue weighted by molar-refractivity contribution is -0.133. The summed E-state index contributed by atoms with van der Waals surface area (Å²) >= 11 is 0. The van der Waals surface area contributed by atoms with Gasteiger partial charge in [0.15, 0.2) is 4.91 Å². The molecule has 0 amide bonds. The SMILES string of the molecule is O=C(O)C1=C(C(=O)Oc2cccc(F)c2)S(=O)(=O)N=C1. The normalized spacial score (nSPS) is 16.2. The number of esters is 1. The Morgan fingerprint density at radius 3 is 2.60 bits per heavy atom. The van der Waals surface area contributed by atoms with E-state index >= 15 is 0 Å². The first-order valence-electron chi connectivity index (χ1n) is 5.07. The van der Waals surface area contributed by atoms with Crippen LogP contribution in [0.4, 0.5) is 4.39 Å². The van der Waals surface area contributed by atoms with Gasteiger partial charge in [-0.2, -0.15) is 12.8 Å². The maximum atomic E-state index is 12.9. The first kappa shape index (κ1) is 13.9. The monoisotopic (exact) mass is 299 g/mol. The predicted molar refractivity (Wildman–Crippen MR) is 64.1 cm³/mol. The minimum Gasteiger partial charge on any atom is -0.478 e. The number of carboxylic acid groups (broad SMARTS) is 1. The molecule has 0 unspecified atom stereocenters. The second-order valence-corrected chi connectivity index (χ2v) is 5.17. The Kier molecular flexibility index (Phi) is 3.36. The number of sulfonamides is 1. The molecule has 1 aromatic carbocycles. The molecule has 0 radical (unpaired) electrons. The standard InChI is InChI=1S/C11H6FNO6S/c12-6-2-1-3-7(4-6)19-11(16)9-8(10(14)15)5-13-20(9,17)18/h1-5H,(H,14,15). The number of carboxylic acids is 1. The van der Waals surface area contributed by atoms with Crippen LogP contribution in [0, 0.1) is 5.82 Å². The number of hydrogen-bond acceptors (Lipinski definition) is 5. The number of aliphatic carboxylic acids is 1. The largest absolute Gasteiger partial charge is 0.478 e. The summed E-state index contributed by atoms with van der Waals surface area (Å²) < 4.78 is 43.5. The van der Waals surface area contributed by atoms with Gasteiger partial charge in [0.2, 0.25) is 0 Å². The lowest BCUT2D eigenvalue weighted by Crippen LogP contribution is -2.19. The lowest BCUT2D eigenvalue weighted by atomic mass is 10.2. The fourth-order valence-electron chi connectivity index (χ4n) is 1.42. The number of halogens is 1. The molecule has 1 aliphatic rings. The Labute approximate surface area is 112 Å². The maximum Gasteiger partial charge on any atom is 0.358 e. The summed E-state index contributed by atoms with van der Waals surface area (Å²) in [6, 6.07) is 4.39. The molecule has 0 spiro atoms. The van der Waals surface area contributed by atoms with Gasteiger partial charge in [-0.15, -0.1) is 0 Å². The third-order valence-electron chi connectivity index (χ3n) is 2.25. The van der Waals surface area contributed by atoms with E-state index in [1.165, 1.54) is 12.1 Å². The van der Waals surface area contributed by atoms with E-state index in [0.717, 1.165) is 12.1 Å². The van der Waals surface area contributed by atoms with Gasteiger partial charge in [0.05, 0.1) is 6.21 Å². The zero-order valence-corrected chi connectivity index (χ0v) is 10.4. The quantitative estimate of drug-likeness (QED) is 0.642. The number of carbonyl (C=O) groups is 2. The highest BCUT2D eigenvalue weighted by atomic mass is 32.2. The molecule has 104 valence electrons. The van der Waals surface area contributed by atoms with E-state index in [0.29, 0.717) is 6.21 Å². The number of hydrogen-bond donors (Lipinski definition) is 1. The summed E-state index contributed by atoms with van der Waals surface area (Å²) in [6.45, 7) is 0. The fourth-order valence-corrected chi connectivity index (χ4v) is 2.44. The summed E-state index contributed by atoms with van der Waals surface area (Å²) in [7, 11) is -4.41. The van der Waals surface area contributed by atoms with Gasteiger partial charge in [0.1, 0.15) is 17.1 Å². The van der Waals surface area contributed by atoms with Gasteiger partial charge in [-0.25, -0.2) is 14.0 Å². The highest BCUT2D eigenvalue weighted by Gasteiger charge is 2.37. The highest BCUT2D eigenvalue weighted by Crippen LogP contribution is 2.23. The first-order chi connectivity index (χ1) is 9.31. The second kappa shape index (κ2) is 4.85. The van der Waals surface area contributed by atoms with Crippen molar-refractivity contribution in [2.24, 2.45) is 4.40 Å². The molecular formula is C11H6FNO6S. The molecule has 0 saturated carbocycles. The van der Waals surface area contributed by atoms with Crippen LogP contribution < -0.4 is 4.74 Å². The first-order valence-corrected chi connectivity index (χ1v) is 6.51. The number of nitrogens with zero attached hydrogens (tertiary/aromatic N) is 1. The topological polar surface area (TPSA) is 110 Å². The van der Waals surface area contributed by atoms with Crippen LogP contribution in [-0.2, 0) is 19.6 Å². The van der Waals surface area contributed by atoms with Crippen molar-refractivity contribution in [1.29, 1.82) is 0 Å². The molecule has 0 atom stereocenters. The van der Waals surface area contributed by atoms with Crippen molar-refractivity contribution in [2.75, 3.05) is 0 Å². The molecular weight excluding hydrogens is 293 g/mol. The summed E-state index contributed by atoms with van der Waals surface area (Å²) in [5, 5.41) is 8.79. The van der Waals surface area contributed by atoms with Gasteiger partial charge in [0, 0.05) is 6.07 Å². The Balaban J connectivity index is 2.38. The van der Waals surface area contributed by atoms with Crippen molar-refractivity contribution in [2.45, 2.75) is 0 Å². The number of rotatable bonds is 3. The van der Waals surface area contributed by atoms with Crippen LogP contribution in [0.5, 0.6) is 5.75 Å². The third kappa shape index (κ3) is 2.57. The Morgan fingerprint density at radius 2 is 2.00 bits per heavy atom. The van der Waals surface area contributed by atoms with Crippen LogP contribution in [0.15, 0.2) is 39.1 Å². The Hall–Kier alpha value is -2.55. The molecule has 7 nitrogen and oxygen atoms in total. The summed E-state index contributed by atoms with van der Waals surface area (Å²) in [4.78, 5) is 21.5. The van der Waals surface area contributed by atoms with Gasteiger partial charge >= 0.3 is 11.9 Å². The van der Waals surface area contributed by atoms with Crippen LogP contribution in [0.2, 0.25) is 0 Å². The van der Waals surface area contributed by atoms with E-state index in [1.807, 2.05) is 0 Å². The second-order valence-electron chi connectivity index (χ2n) is 3.60. The van der Waals surface area contributed by atoms with E-state index < -0.39 is 38.3 Å². The average Bonchev–Trinajstić information content (AvgIpc) is 2.65. The maximum absolute atomic E-state index is 12.9. The molecule has 0 bridgehead atoms. The number of carbonyl (C=O) groups excluding carboxylic acids is 1. The molecule has 9 heteroatoms. The van der Waals surface area contributed by atoms with E-state index in [-0.39, 0.29) is 5.75 Å². The van der Waals surface area contributed by atoms with E-state index in [1.54, 1.807) is 0 Å². The van der Waals surface area contributed by atoms with Crippen LogP contribution in [-0.4, -0.2) is 31.7 Å². The minimum absolute atomic E-state index is 0.255. The Bertz CT molecular complexity index is 765. The van der Waals surface area contributed by atoms with Gasteiger partial charge in [0.25, 0.3) is 10.0 Å². The number of ether oxygens (including phenoxy) is 1. The summed E-state index contributed by atoms with van der Waals surface area (Å²) in [5.41, 5.74) is -0.800. The molecule has 1 aromatic rings. The van der Waals surface area contributed by atoms with Crippen LogP contribution >= 0.6 is 0 Å². The van der Waals surface area contributed by atoms with Gasteiger partial charge in [-0.1, -0.05) is 6.07 Å². The van der Waals surface area contributed by atoms with Crippen molar-refractivity contribution in [3.63, 3.8) is 0 Å². The van der Waals surface area contributed by atoms with Crippen molar-refractivity contribution in [3.05, 3.63) is 40.6 Å². The molecule has 1 heterocycles. The van der Waals surface area contributed by atoms with E-state index in [9.17, 15) is 22.4 Å². The molecule has 2 rings (SSSR count). The molecule has 0 saturated heterocycles. The predicted octanol–water partition coefficient (Wildman–Crippen LogP) is 0.484. The number of benzene rings is 1. The Morgan fingerprint density at radius 1 is 1.30 bits per heavy atom. The lowest BCUT2D eigenvalue weighted by Gasteiger charge is -2.05. The van der Waals surface area contributed by atoms with Crippen LogP contribution in [0.3, 0.4) is 0 Å². The molecule has 1 N–H and O–H groups in total. The molecule has 20 heavy (non-hydrogen) atoms. The smallest absolute Gasteiger partial charge is 0.358 e. The summed E-state index contributed by atoms with van der Waals surface area (Å²) in [5.74, 6) is -4.03. The molecule has 0 aliphatic carbocycles. The summed E-state index contributed by atoms with van der Waals surface area (Å²) in [6.07, 6.45) is 0.542. The third-order valence-corrected chi connectivity index (χ3v) is 3.53. The molecule has 0 aromatic heterocycles. The van der Waals surface area contributed by atoms with Crippen LogP contribution in [0.25, 0.3) is 0 Å². The highest BCUT2D eigenvalue weighted by molar-refractivity contribution is 7.95. The minimum atomic E-state index is -4.41. The van der Waals surface area contributed by atoms with Crippen molar-refractivity contribution in [3.8, 4) is 5.75 Å². The van der Waals surface area contributed by atoms with E-state index in [4.69, 9.17) is 5.11 Å². The van der Waals surface area contributed by atoms with Crippen molar-refractivity contribution in [1.82, 2.24) is 0 Å². The van der Waals surface area contributed by atoms with Gasteiger partial charge in [-0.05, 0) is 12.1 Å². The average molecular weight is 299 g/mol. The van der Waals surface area contributed by atoms with Crippen molar-refractivity contribution < 1.29 is 32.2 Å².